The lowest BCUT2D eigenvalue weighted by Crippen LogP contribution is -2.37. The monoisotopic (exact) mass is 510 g/mol. The minimum atomic E-state index is -0.226. The number of aromatic nitrogens is 2. The fourth-order valence-electron chi connectivity index (χ4n) is 4.15. The van der Waals surface area contributed by atoms with Crippen LogP contribution >= 0.6 is 11.8 Å². The van der Waals surface area contributed by atoms with Crippen LogP contribution in [0.3, 0.4) is 0 Å². The lowest BCUT2D eigenvalue weighted by Gasteiger charge is -2.19. The van der Waals surface area contributed by atoms with E-state index in [0.29, 0.717) is 22.5 Å². The average Bonchev–Trinajstić information content (AvgIpc) is 2.87. The van der Waals surface area contributed by atoms with E-state index in [-0.39, 0.29) is 24.1 Å². The van der Waals surface area contributed by atoms with Crippen LogP contribution in [-0.2, 0) is 11.3 Å². The molecule has 1 N–H and O–H groups in total. The van der Waals surface area contributed by atoms with Crippen molar-refractivity contribution in [2.24, 2.45) is 0 Å². The van der Waals surface area contributed by atoms with E-state index in [1.165, 1.54) is 4.57 Å². The van der Waals surface area contributed by atoms with Crippen LogP contribution in [0.2, 0.25) is 0 Å². The second-order valence-electron chi connectivity index (χ2n) is 9.10. The van der Waals surface area contributed by atoms with Crippen LogP contribution in [0.25, 0.3) is 22.3 Å². The number of carbonyl (C=O) groups excluding carboxylic acids is 1. The van der Waals surface area contributed by atoms with Crippen LogP contribution < -0.4 is 15.6 Å². The smallest absolute Gasteiger partial charge is 0.262 e. The molecule has 1 amide bonds. The van der Waals surface area contributed by atoms with E-state index in [9.17, 15) is 9.59 Å². The van der Waals surface area contributed by atoms with E-state index in [1.807, 2.05) is 56.3 Å². The number of fused-ring (bicyclic) bond motifs is 1. The number of carbonyl (C=O) groups is 1. The summed E-state index contributed by atoms with van der Waals surface area (Å²) in [5.74, 6) is 1.86. The van der Waals surface area contributed by atoms with E-state index in [4.69, 9.17) is 9.72 Å². The van der Waals surface area contributed by atoms with Crippen LogP contribution in [0.5, 0.6) is 5.75 Å². The Bertz CT molecular complexity index is 1230. The third-order valence-electron chi connectivity index (χ3n) is 5.88. The molecule has 2 aromatic carbocycles. The Morgan fingerprint density at radius 2 is 1.97 bits per heavy atom. The molecule has 7 nitrogen and oxygen atoms in total. The maximum absolute atomic E-state index is 13.7. The fourth-order valence-corrected chi connectivity index (χ4v) is 5.03. The summed E-state index contributed by atoms with van der Waals surface area (Å²) in [5.41, 5.74) is 1.11. The second-order valence-corrected chi connectivity index (χ2v) is 10.3. The van der Waals surface area contributed by atoms with E-state index >= 15 is 0 Å². The van der Waals surface area contributed by atoms with Gasteiger partial charge in [0.05, 0.1) is 18.0 Å². The molecule has 0 fully saturated rings. The highest BCUT2D eigenvalue weighted by Crippen LogP contribution is 2.26. The predicted molar refractivity (Wildman–Crippen MR) is 149 cm³/mol. The fraction of sp³-hybridized carbons (Fsp3) is 0.464. The van der Waals surface area contributed by atoms with E-state index < -0.39 is 0 Å². The molecule has 36 heavy (non-hydrogen) atoms. The highest BCUT2D eigenvalue weighted by atomic mass is 32.2. The summed E-state index contributed by atoms with van der Waals surface area (Å²) in [5, 5.41) is 3.40. The molecule has 0 saturated carbocycles. The van der Waals surface area contributed by atoms with Crippen molar-refractivity contribution in [2.75, 3.05) is 32.5 Å². The molecule has 0 aliphatic rings. The predicted octanol–water partition coefficient (Wildman–Crippen LogP) is 4.81. The molecule has 0 unspecified atom stereocenters. The van der Waals surface area contributed by atoms with Gasteiger partial charge in [-0.2, -0.15) is 0 Å². The second kappa shape index (κ2) is 13.5. The van der Waals surface area contributed by atoms with Crippen LogP contribution in [0, 0.1) is 0 Å². The lowest BCUT2D eigenvalue weighted by molar-refractivity contribution is -0.122. The standard InChI is InChI=1S/C28H38N4O3S/c1-6-14-31(7-2)15-9-16-36-23-12-13-25-24(18-23)28(34)32(19-26(33)29-20(3)4)27(30-25)21-10-8-11-22(17-21)35-5/h8,10-13,17-18,20H,6-7,9,14-16,19H2,1-5H3,(H,29,33). The average molecular weight is 511 g/mol. The highest BCUT2D eigenvalue weighted by molar-refractivity contribution is 7.99. The number of benzene rings is 2. The first-order valence-corrected chi connectivity index (χ1v) is 13.7. The molecular weight excluding hydrogens is 472 g/mol. The molecule has 0 atom stereocenters. The molecule has 0 aliphatic carbocycles. The third kappa shape index (κ3) is 7.34. The first kappa shape index (κ1) is 27.7. The topological polar surface area (TPSA) is 76.5 Å². The zero-order chi connectivity index (χ0) is 26.1. The van der Waals surface area contributed by atoms with E-state index in [0.717, 1.165) is 48.7 Å². The summed E-state index contributed by atoms with van der Waals surface area (Å²) in [6.45, 7) is 11.4. The molecule has 0 bridgehead atoms. The molecule has 1 aromatic heterocycles. The van der Waals surface area contributed by atoms with Gasteiger partial charge in [0.2, 0.25) is 5.91 Å². The number of amides is 1. The van der Waals surface area contributed by atoms with Crippen molar-refractivity contribution < 1.29 is 9.53 Å². The number of thioether (sulfide) groups is 1. The van der Waals surface area contributed by atoms with Crippen molar-refractivity contribution in [1.82, 2.24) is 19.8 Å². The largest absolute Gasteiger partial charge is 0.497 e. The summed E-state index contributed by atoms with van der Waals surface area (Å²) in [6.07, 6.45) is 2.25. The molecule has 194 valence electrons. The lowest BCUT2D eigenvalue weighted by atomic mass is 10.1. The van der Waals surface area contributed by atoms with Crippen molar-refractivity contribution in [3.8, 4) is 17.1 Å². The molecule has 1 heterocycles. The van der Waals surface area contributed by atoms with Crippen LogP contribution in [-0.4, -0.2) is 58.9 Å². The van der Waals surface area contributed by atoms with Crippen LogP contribution in [0.15, 0.2) is 52.2 Å². The van der Waals surface area contributed by atoms with E-state index in [1.54, 1.807) is 18.9 Å². The zero-order valence-electron chi connectivity index (χ0n) is 22.0. The van der Waals surface area contributed by atoms with Crippen molar-refractivity contribution in [1.29, 1.82) is 0 Å². The molecule has 0 saturated heterocycles. The van der Waals surface area contributed by atoms with Crippen molar-refractivity contribution in [3.05, 3.63) is 52.8 Å². The SMILES string of the molecule is CCCN(CC)CCCSc1ccc2nc(-c3cccc(OC)c3)n(CC(=O)NC(C)C)c(=O)c2c1. The third-order valence-corrected chi connectivity index (χ3v) is 6.96. The number of ether oxygens (including phenoxy) is 1. The Morgan fingerprint density at radius 1 is 1.17 bits per heavy atom. The van der Waals surface area contributed by atoms with Gasteiger partial charge in [0.25, 0.3) is 5.56 Å². The highest BCUT2D eigenvalue weighted by Gasteiger charge is 2.17. The number of hydrogen-bond donors (Lipinski definition) is 1. The van der Waals surface area contributed by atoms with Crippen molar-refractivity contribution in [3.63, 3.8) is 0 Å². The van der Waals surface area contributed by atoms with Gasteiger partial charge in [-0.3, -0.25) is 14.2 Å². The zero-order valence-corrected chi connectivity index (χ0v) is 22.9. The maximum atomic E-state index is 13.7. The quantitative estimate of drug-likeness (QED) is 0.263. The summed E-state index contributed by atoms with van der Waals surface area (Å²) in [7, 11) is 1.60. The summed E-state index contributed by atoms with van der Waals surface area (Å²) >= 11 is 1.75. The first-order valence-electron chi connectivity index (χ1n) is 12.7. The number of nitrogens with one attached hydrogen (secondary N) is 1. The van der Waals surface area contributed by atoms with Gasteiger partial charge in [-0.25, -0.2) is 4.98 Å². The Kier molecular flexibility index (Phi) is 10.4. The van der Waals surface area contributed by atoms with Gasteiger partial charge in [-0.15, -0.1) is 11.8 Å². The van der Waals surface area contributed by atoms with Crippen molar-refractivity contribution in [2.45, 2.75) is 58.0 Å². The Labute approximate surface area is 218 Å². The summed E-state index contributed by atoms with van der Waals surface area (Å²) < 4.78 is 6.83. The van der Waals surface area contributed by atoms with Gasteiger partial charge in [-0.1, -0.05) is 26.0 Å². The Morgan fingerprint density at radius 3 is 2.67 bits per heavy atom. The van der Waals surface area contributed by atoms with Gasteiger partial charge in [-0.05, 0) is 82.4 Å². The number of rotatable bonds is 13. The molecule has 0 radical (unpaired) electrons. The summed E-state index contributed by atoms with van der Waals surface area (Å²) in [6, 6.07) is 13.2. The van der Waals surface area contributed by atoms with Gasteiger partial charge in [0.1, 0.15) is 18.1 Å². The Hall–Kier alpha value is -2.84. The number of methoxy groups -OCH3 is 1. The minimum Gasteiger partial charge on any atom is -0.497 e. The van der Waals surface area contributed by atoms with Gasteiger partial charge in [0, 0.05) is 16.5 Å². The normalized spacial score (nSPS) is 11.4. The molecule has 8 heteroatoms. The molecular formula is C28H38N4O3S. The Balaban J connectivity index is 1.93. The maximum Gasteiger partial charge on any atom is 0.262 e. The van der Waals surface area contributed by atoms with E-state index in [2.05, 4.69) is 24.1 Å². The molecule has 3 rings (SSSR count). The van der Waals surface area contributed by atoms with Crippen LogP contribution in [0.1, 0.15) is 40.5 Å². The van der Waals surface area contributed by atoms with Gasteiger partial charge >= 0.3 is 0 Å². The van der Waals surface area contributed by atoms with Gasteiger partial charge < -0.3 is 15.0 Å². The minimum absolute atomic E-state index is 0.0224. The molecule has 0 aliphatic heterocycles. The van der Waals surface area contributed by atoms with Crippen LogP contribution in [0.4, 0.5) is 0 Å². The number of nitrogens with zero attached hydrogens (tertiary/aromatic N) is 3. The molecule has 0 spiro atoms. The van der Waals surface area contributed by atoms with Gasteiger partial charge in [0.15, 0.2) is 0 Å². The summed E-state index contributed by atoms with van der Waals surface area (Å²) in [4.78, 5) is 34.6. The number of hydrogen-bond acceptors (Lipinski definition) is 6. The molecule has 3 aromatic rings. The van der Waals surface area contributed by atoms with Crippen molar-refractivity contribution >= 4 is 28.6 Å². The first-order chi connectivity index (χ1) is 17.4.